The Kier molecular flexibility index (Phi) is 4.91. The van der Waals surface area contributed by atoms with Gasteiger partial charge in [0.15, 0.2) is 0 Å². The molecule has 0 saturated carbocycles. The Morgan fingerprint density at radius 1 is 1.33 bits per heavy atom. The number of thiazole rings is 1. The van der Waals surface area contributed by atoms with Gasteiger partial charge in [0.25, 0.3) is 0 Å². The quantitative estimate of drug-likeness (QED) is 0.875. The highest BCUT2D eigenvalue weighted by Crippen LogP contribution is 2.26. The molecule has 0 atom stereocenters. The Bertz CT molecular complexity index is 593. The predicted octanol–water partition coefficient (Wildman–Crippen LogP) is 3.51. The minimum absolute atomic E-state index is 0.114. The fourth-order valence-corrected chi connectivity index (χ4v) is 3.68. The zero-order valence-electron chi connectivity index (χ0n) is 11.8. The highest BCUT2D eigenvalue weighted by molar-refractivity contribution is 7.13. The van der Waals surface area contributed by atoms with E-state index in [1.807, 2.05) is 5.38 Å². The van der Waals surface area contributed by atoms with Crippen molar-refractivity contribution in [1.82, 2.24) is 9.88 Å². The summed E-state index contributed by atoms with van der Waals surface area (Å²) in [5.41, 5.74) is 3.39. The van der Waals surface area contributed by atoms with Crippen molar-refractivity contribution in [2.45, 2.75) is 31.4 Å². The third kappa shape index (κ3) is 3.83. The second kappa shape index (κ2) is 6.88. The van der Waals surface area contributed by atoms with E-state index >= 15 is 0 Å². The summed E-state index contributed by atoms with van der Waals surface area (Å²) in [6.45, 7) is 2.88. The molecule has 0 spiro atoms. The topological polar surface area (TPSA) is 36.4 Å². The third-order valence-corrected chi connectivity index (χ3v) is 5.04. The number of aromatic nitrogens is 1. The molecule has 1 saturated heterocycles. The molecule has 1 fully saturated rings. The molecule has 1 aromatic heterocycles. The summed E-state index contributed by atoms with van der Waals surface area (Å²) in [4.78, 5) is 6.94. The van der Waals surface area contributed by atoms with Crippen molar-refractivity contribution in [2.75, 3.05) is 13.1 Å². The molecule has 0 bridgehead atoms. The fourth-order valence-electron chi connectivity index (χ4n) is 2.64. The van der Waals surface area contributed by atoms with E-state index in [9.17, 15) is 5.11 Å². The number of piperidine rings is 1. The van der Waals surface area contributed by atoms with Gasteiger partial charge in [-0.2, -0.15) is 0 Å². The molecule has 0 aliphatic carbocycles. The molecule has 112 valence electrons. The van der Waals surface area contributed by atoms with Gasteiger partial charge in [-0.05, 0) is 24.5 Å². The number of aliphatic hydroxyl groups is 1. The van der Waals surface area contributed by atoms with Crippen molar-refractivity contribution in [3.63, 3.8) is 0 Å². The first kappa shape index (κ1) is 15.0. The highest BCUT2D eigenvalue weighted by atomic mass is 35.5. The minimum Gasteiger partial charge on any atom is -0.393 e. The zero-order chi connectivity index (χ0) is 14.7. The normalized spacial score (nSPS) is 17.2. The molecular formula is C16H19ClN2OS. The molecule has 1 N–H and O–H groups in total. The van der Waals surface area contributed by atoms with Crippen molar-refractivity contribution in [3.05, 3.63) is 40.9 Å². The largest absolute Gasteiger partial charge is 0.393 e. The first-order chi connectivity index (χ1) is 10.2. The van der Waals surface area contributed by atoms with Gasteiger partial charge in [0.1, 0.15) is 5.01 Å². The fraction of sp³-hybridized carbons (Fsp3) is 0.438. The Morgan fingerprint density at radius 2 is 2.14 bits per heavy atom. The maximum absolute atomic E-state index is 9.57. The van der Waals surface area contributed by atoms with Gasteiger partial charge >= 0.3 is 0 Å². The number of nitrogens with zero attached hydrogens (tertiary/aromatic N) is 2. The lowest BCUT2D eigenvalue weighted by atomic mass is 10.1. The van der Waals surface area contributed by atoms with Gasteiger partial charge < -0.3 is 5.11 Å². The summed E-state index contributed by atoms with van der Waals surface area (Å²) in [5, 5.41) is 12.6. The number of hydrogen-bond donors (Lipinski definition) is 1. The lowest BCUT2D eigenvalue weighted by Crippen LogP contribution is -2.35. The van der Waals surface area contributed by atoms with Crippen LogP contribution in [0.5, 0.6) is 0 Å². The molecular weight excluding hydrogens is 304 g/mol. The van der Waals surface area contributed by atoms with Gasteiger partial charge in [-0.25, -0.2) is 4.98 Å². The van der Waals surface area contributed by atoms with Gasteiger partial charge in [-0.3, -0.25) is 4.90 Å². The van der Waals surface area contributed by atoms with Gasteiger partial charge in [0.05, 0.1) is 17.7 Å². The second-order valence-corrected chi connectivity index (χ2v) is 6.61. The summed E-state index contributed by atoms with van der Waals surface area (Å²) >= 11 is 7.46. The lowest BCUT2D eigenvalue weighted by molar-refractivity contribution is 0.0792. The van der Waals surface area contributed by atoms with Crippen LogP contribution >= 0.6 is 22.9 Å². The molecule has 1 aromatic carbocycles. The van der Waals surface area contributed by atoms with Crippen LogP contribution in [0.1, 0.15) is 24.1 Å². The van der Waals surface area contributed by atoms with Crippen molar-refractivity contribution in [2.24, 2.45) is 0 Å². The van der Waals surface area contributed by atoms with Crippen LogP contribution in [0.15, 0.2) is 29.6 Å². The molecule has 0 radical (unpaired) electrons. The van der Waals surface area contributed by atoms with Crippen molar-refractivity contribution >= 4 is 22.9 Å². The Balaban J connectivity index is 1.71. The zero-order valence-corrected chi connectivity index (χ0v) is 13.4. The van der Waals surface area contributed by atoms with Gasteiger partial charge in [0, 0.05) is 30.6 Å². The Morgan fingerprint density at radius 3 is 2.86 bits per heavy atom. The average molecular weight is 323 g/mol. The van der Waals surface area contributed by atoms with Crippen molar-refractivity contribution in [3.8, 4) is 10.6 Å². The number of benzene rings is 1. The minimum atomic E-state index is -0.114. The van der Waals surface area contributed by atoms with Gasteiger partial charge in [0.2, 0.25) is 0 Å². The van der Waals surface area contributed by atoms with E-state index in [1.54, 1.807) is 11.3 Å². The number of aliphatic hydroxyl groups excluding tert-OH is 1. The maximum atomic E-state index is 9.57. The number of halogens is 1. The van der Waals surface area contributed by atoms with Gasteiger partial charge in [-0.1, -0.05) is 18.2 Å². The van der Waals surface area contributed by atoms with E-state index in [4.69, 9.17) is 11.6 Å². The number of likely N-dealkylation sites (tertiary alicyclic amines) is 1. The van der Waals surface area contributed by atoms with Crippen molar-refractivity contribution in [1.29, 1.82) is 0 Å². The van der Waals surface area contributed by atoms with Crippen LogP contribution in [0, 0.1) is 0 Å². The van der Waals surface area contributed by atoms with Crippen LogP contribution in [-0.2, 0) is 12.4 Å². The van der Waals surface area contributed by atoms with E-state index in [0.29, 0.717) is 5.88 Å². The first-order valence-electron chi connectivity index (χ1n) is 7.24. The monoisotopic (exact) mass is 322 g/mol. The first-order valence-corrected chi connectivity index (χ1v) is 8.66. The van der Waals surface area contributed by atoms with Crippen LogP contribution in [0.2, 0.25) is 0 Å². The summed E-state index contributed by atoms with van der Waals surface area (Å²) in [6.07, 6.45) is 1.65. The van der Waals surface area contributed by atoms with Crippen LogP contribution in [0.3, 0.4) is 0 Å². The Labute approximate surface area is 134 Å². The summed E-state index contributed by atoms with van der Waals surface area (Å²) in [7, 11) is 0. The van der Waals surface area contributed by atoms with Crippen LogP contribution in [0.4, 0.5) is 0 Å². The summed E-state index contributed by atoms with van der Waals surface area (Å²) in [5.74, 6) is 0.465. The standard InChI is InChI=1S/C16H19ClN2OS/c17-9-14-11-21-16(18-14)13-3-1-2-12(8-13)10-19-6-4-15(20)5-7-19/h1-3,8,11,15,20H,4-7,9-10H2. The SMILES string of the molecule is OC1CCN(Cc2cccc(-c3nc(CCl)cs3)c2)CC1. The van der Waals surface area contributed by atoms with E-state index in [0.717, 1.165) is 48.7 Å². The third-order valence-electron chi connectivity index (χ3n) is 3.83. The average Bonchev–Trinajstić information content (AvgIpc) is 2.99. The summed E-state index contributed by atoms with van der Waals surface area (Å²) < 4.78 is 0. The van der Waals surface area contributed by atoms with Gasteiger partial charge in [-0.15, -0.1) is 22.9 Å². The van der Waals surface area contributed by atoms with Crippen LogP contribution in [0.25, 0.3) is 10.6 Å². The molecule has 3 rings (SSSR count). The van der Waals surface area contributed by atoms with Crippen molar-refractivity contribution < 1.29 is 5.11 Å². The number of rotatable bonds is 4. The lowest BCUT2D eigenvalue weighted by Gasteiger charge is -2.29. The smallest absolute Gasteiger partial charge is 0.123 e. The number of hydrogen-bond acceptors (Lipinski definition) is 4. The predicted molar refractivity (Wildman–Crippen MR) is 87.6 cm³/mol. The van der Waals surface area contributed by atoms with E-state index in [1.165, 1.54) is 5.56 Å². The molecule has 2 aromatic rings. The molecule has 5 heteroatoms. The second-order valence-electron chi connectivity index (χ2n) is 5.49. The maximum Gasteiger partial charge on any atom is 0.123 e. The van der Waals surface area contributed by atoms with E-state index in [2.05, 4.69) is 34.1 Å². The summed E-state index contributed by atoms with van der Waals surface area (Å²) in [6, 6.07) is 8.55. The van der Waals surface area contributed by atoms with E-state index < -0.39 is 0 Å². The number of alkyl halides is 1. The molecule has 21 heavy (non-hydrogen) atoms. The van der Waals surface area contributed by atoms with Crippen LogP contribution in [-0.4, -0.2) is 34.2 Å². The molecule has 1 aliphatic heterocycles. The molecule has 3 nitrogen and oxygen atoms in total. The molecule has 0 unspecified atom stereocenters. The highest BCUT2D eigenvalue weighted by Gasteiger charge is 2.17. The van der Waals surface area contributed by atoms with E-state index in [-0.39, 0.29) is 6.10 Å². The Hall–Kier alpha value is -0.940. The molecule has 1 aliphatic rings. The van der Waals surface area contributed by atoms with Crippen LogP contribution < -0.4 is 0 Å². The molecule has 0 amide bonds. The molecule has 2 heterocycles.